The molecule has 0 aliphatic heterocycles. The van der Waals surface area contributed by atoms with Crippen LogP contribution >= 0.6 is 0 Å². The van der Waals surface area contributed by atoms with E-state index in [1.54, 1.807) is 22.3 Å². The lowest BCUT2D eigenvalue weighted by Crippen LogP contribution is -2.31. The van der Waals surface area contributed by atoms with Crippen molar-refractivity contribution in [3.8, 4) is 0 Å². The Bertz CT molecular complexity index is 2040. The summed E-state index contributed by atoms with van der Waals surface area (Å²) >= 11 is 0. The Hall–Kier alpha value is -3.64. The Kier molecular flexibility index (Phi) is 13.6. The molecular weight excluding hydrogens is 721 g/mol. The number of rotatable bonds is 18. The van der Waals surface area contributed by atoms with E-state index in [1.807, 2.05) is 0 Å². The number of hydrogen-bond donors (Lipinski definition) is 0. The van der Waals surface area contributed by atoms with Crippen LogP contribution in [0.3, 0.4) is 0 Å². The number of hydrogen-bond acceptors (Lipinski definition) is 0. The molecule has 3 aliphatic rings. The van der Waals surface area contributed by atoms with Crippen molar-refractivity contribution in [3.63, 3.8) is 0 Å². The van der Waals surface area contributed by atoms with Crippen LogP contribution in [-0.4, -0.2) is 0 Å². The highest BCUT2D eigenvalue weighted by Gasteiger charge is 2.42. The molecule has 4 atom stereocenters. The second-order valence-corrected chi connectivity index (χ2v) is 20.8. The van der Waals surface area contributed by atoms with E-state index >= 15 is 0 Å². The third kappa shape index (κ3) is 8.09. The van der Waals surface area contributed by atoms with Crippen LogP contribution in [0, 0.1) is 0 Å². The van der Waals surface area contributed by atoms with Crippen LogP contribution in [-0.2, 0) is 10.8 Å². The van der Waals surface area contributed by atoms with Crippen molar-refractivity contribution in [1.82, 2.24) is 0 Å². The van der Waals surface area contributed by atoms with E-state index in [4.69, 9.17) is 13.2 Å². The van der Waals surface area contributed by atoms with Gasteiger partial charge in [-0.15, -0.1) is 0 Å². The third-order valence-electron chi connectivity index (χ3n) is 15.7. The van der Waals surface area contributed by atoms with Gasteiger partial charge in [0.15, 0.2) is 0 Å². The molecule has 320 valence electrons. The first-order chi connectivity index (χ1) is 28.8. The molecule has 0 spiro atoms. The van der Waals surface area contributed by atoms with Gasteiger partial charge in [0, 0.05) is 34.5 Å². The van der Waals surface area contributed by atoms with Gasteiger partial charge in [0.25, 0.3) is 0 Å². The molecule has 4 aromatic rings. The largest absolute Gasteiger partial charge is 0.0955 e. The minimum atomic E-state index is -0.112. The Morgan fingerprint density at radius 2 is 0.717 bits per heavy atom. The predicted molar refractivity (Wildman–Crippen MR) is 263 cm³/mol. The zero-order valence-corrected chi connectivity index (χ0v) is 39.8. The first-order valence-corrected chi connectivity index (χ1v) is 24.8. The van der Waals surface area contributed by atoms with E-state index in [2.05, 4.69) is 130 Å². The Morgan fingerprint density at radius 1 is 0.400 bits per heavy atom. The fraction of sp³-hybridized carbons (Fsp3) is 0.533. The summed E-state index contributed by atoms with van der Waals surface area (Å²) in [5, 5.41) is 0. The lowest BCUT2D eigenvalue weighted by Gasteiger charge is -2.43. The van der Waals surface area contributed by atoms with Gasteiger partial charge in [-0.3, -0.25) is 0 Å². The smallest absolute Gasteiger partial charge is 0.0152 e. The van der Waals surface area contributed by atoms with Crippen molar-refractivity contribution in [2.45, 2.75) is 206 Å². The molecule has 0 saturated carbocycles. The molecule has 0 radical (unpaired) electrons. The van der Waals surface area contributed by atoms with E-state index in [0.29, 0.717) is 23.7 Å². The highest BCUT2D eigenvalue weighted by Crippen LogP contribution is 2.55. The molecule has 0 fully saturated rings. The number of unbranched alkanes of at least 4 members (excludes halogenated alkanes) is 8. The zero-order chi connectivity index (χ0) is 42.9. The molecular formula is C60H80. The van der Waals surface area contributed by atoms with Crippen LogP contribution in [0.4, 0.5) is 0 Å². The summed E-state index contributed by atoms with van der Waals surface area (Å²) < 4.78 is 0. The molecule has 0 aromatic heterocycles. The number of allylic oxidation sites excluding steroid dienone is 2. The van der Waals surface area contributed by atoms with Crippen LogP contribution in [0.2, 0.25) is 0 Å². The molecule has 60 heavy (non-hydrogen) atoms. The molecule has 0 N–H and O–H groups in total. The van der Waals surface area contributed by atoms with Gasteiger partial charge in [0.05, 0.1) is 0 Å². The van der Waals surface area contributed by atoms with Gasteiger partial charge >= 0.3 is 0 Å². The molecule has 0 heteroatoms. The van der Waals surface area contributed by atoms with E-state index in [0.717, 1.165) is 0 Å². The number of fused-ring (bicyclic) bond motifs is 4. The summed E-state index contributed by atoms with van der Waals surface area (Å²) in [7, 11) is 0. The van der Waals surface area contributed by atoms with Crippen molar-refractivity contribution in [2.24, 2.45) is 0 Å². The average molecular weight is 801 g/mol. The molecule has 0 saturated heterocycles. The minimum absolute atomic E-state index is 0.112. The van der Waals surface area contributed by atoms with Crippen LogP contribution in [0.15, 0.2) is 73.8 Å². The van der Waals surface area contributed by atoms with Gasteiger partial charge in [-0.25, -0.2) is 0 Å². The van der Waals surface area contributed by atoms with E-state index in [9.17, 15) is 0 Å². The molecule has 3 aliphatic carbocycles. The average Bonchev–Trinajstić information content (AvgIpc) is 3.22. The Balaban J connectivity index is 1.62. The van der Waals surface area contributed by atoms with Crippen molar-refractivity contribution < 1.29 is 0 Å². The predicted octanol–water partition coefficient (Wildman–Crippen LogP) is 18.2. The molecule has 0 unspecified atom stereocenters. The monoisotopic (exact) mass is 801 g/mol. The van der Waals surface area contributed by atoms with Crippen molar-refractivity contribution in [3.05, 3.63) is 152 Å². The van der Waals surface area contributed by atoms with Crippen molar-refractivity contribution in [2.75, 3.05) is 0 Å². The summed E-state index contributed by atoms with van der Waals surface area (Å²) in [6.07, 6.45) is 19.8. The first-order valence-electron chi connectivity index (χ1n) is 24.8. The summed E-state index contributed by atoms with van der Waals surface area (Å²) in [4.78, 5) is 0. The van der Waals surface area contributed by atoms with Gasteiger partial charge < -0.3 is 0 Å². The SMILES string of the molecule is C=C(C)c1cc2c3cc1[C@H](CCCCC)c1ccc4c(c1)[C@H](CCCCC)c1cc(c(C(=C)C)cc1C4(C)C)[C@H](CCCCC)c1ccc(c(c1)[C@@H]3CCCCC)C2(C)C. The topological polar surface area (TPSA) is 0 Å². The zero-order valence-electron chi connectivity index (χ0n) is 39.8. The van der Waals surface area contributed by atoms with E-state index in [-0.39, 0.29) is 10.8 Å². The molecule has 8 bridgehead atoms. The maximum absolute atomic E-state index is 4.72. The molecule has 0 heterocycles. The minimum Gasteiger partial charge on any atom is -0.0955 e. The normalized spacial score (nSPS) is 20.3. The summed E-state index contributed by atoms with van der Waals surface area (Å²) in [6.45, 7) is 33.4. The quantitative estimate of drug-likeness (QED) is 0.0880. The van der Waals surface area contributed by atoms with Gasteiger partial charge in [-0.1, -0.05) is 217 Å². The van der Waals surface area contributed by atoms with Gasteiger partial charge in [-0.05, 0) is 117 Å². The first kappa shape index (κ1) is 44.4. The molecule has 0 amide bonds. The van der Waals surface area contributed by atoms with Crippen molar-refractivity contribution in [1.29, 1.82) is 0 Å². The van der Waals surface area contributed by atoms with Gasteiger partial charge in [0.1, 0.15) is 0 Å². The lowest BCUT2D eigenvalue weighted by molar-refractivity contribution is 0.536. The second-order valence-electron chi connectivity index (χ2n) is 20.8. The van der Waals surface area contributed by atoms with Crippen LogP contribution in [0.5, 0.6) is 0 Å². The fourth-order valence-electron chi connectivity index (χ4n) is 12.2. The third-order valence-corrected chi connectivity index (χ3v) is 15.7. The summed E-state index contributed by atoms with van der Waals surface area (Å²) in [6, 6.07) is 26.5. The summed E-state index contributed by atoms with van der Waals surface area (Å²) in [5.74, 6) is 1.41. The van der Waals surface area contributed by atoms with Gasteiger partial charge in [0.2, 0.25) is 0 Å². The van der Waals surface area contributed by atoms with Gasteiger partial charge in [-0.2, -0.15) is 0 Å². The standard InChI is InChI=1S/C60H80/c1-13-17-21-25-43-41-29-31-55-51(33-41)45(27-23-19-15-3)54-36-50(48(40(7)8)38-58(54)59(55,9)10)44(26-22-18-14-2)42-30-32-56-52(34-42)46(28-24-20-16-4)53-35-49(43)47(39(5)6)37-57(53)60(56,11)12/h29-38,43-46H,5,7,13-28H2,1-4,6,8-12H3/t43-,44-,45+,46+/m1/s1. The number of benzene rings is 4. The van der Waals surface area contributed by atoms with E-state index in [1.165, 1.54) is 170 Å². The Labute approximate surface area is 367 Å². The maximum Gasteiger partial charge on any atom is 0.0152 e. The summed E-state index contributed by atoms with van der Waals surface area (Å²) in [5.41, 5.74) is 23.4. The molecule has 4 aromatic carbocycles. The Morgan fingerprint density at radius 3 is 1.03 bits per heavy atom. The van der Waals surface area contributed by atoms with Crippen LogP contribution in [0.1, 0.15) is 274 Å². The van der Waals surface area contributed by atoms with Crippen LogP contribution < -0.4 is 0 Å². The molecule has 7 rings (SSSR count). The lowest BCUT2D eigenvalue weighted by atomic mass is 9.61. The van der Waals surface area contributed by atoms with Crippen LogP contribution in [0.25, 0.3) is 11.1 Å². The highest BCUT2D eigenvalue weighted by molar-refractivity contribution is 5.73. The highest BCUT2D eigenvalue weighted by atomic mass is 14.5. The maximum atomic E-state index is 4.72. The second kappa shape index (κ2) is 18.4. The fourth-order valence-corrected chi connectivity index (χ4v) is 12.2. The van der Waals surface area contributed by atoms with E-state index < -0.39 is 0 Å². The molecule has 0 nitrogen and oxygen atoms in total. The van der Waals surface area contributed by atoms with Crippen molar-refractivity contribution >= 4 is 11.1 Å².